The van der Waals surface area contributed by atoms with Crippen LogP contribution in [0.4, 0.5) is 4.39 Å². The van der Waals surface area contributed by atoms with Gasteiger partial charge in [-0.3, -0.25) is 9.20 Å². The smallest absolute Gasteiger partial charge is 0.340 e. The highest BCUT2D eigenvalue weighted by Crippen LogP contribution is 2.19. The van der Waals surface area contributed by atoms with Crippen molar-refractivity contribution in [2.24, 2.45) is 5.73 Å². The first kappa shape index (κ1) is 14.6. The van der Waals surface area contributed by atoms with E-state index in [1.165, 1.54) is 35.1 Å². The van der Waals surface area contributed by atoms with Gasteiger partial charge in [0.1, 0.15) is 12.1 Å². The molecule has 0 aliphatic heterocycles. The number of amides is 1. The number of ether oxygens (including phenoxy) is 1. The standard InChI is InChI=1S/C15H11FN4O3/c16-11-4-1-9(2-5-11)13(14(17)21)23-15(22)10-3-6-12-19-18-8-20(12)7-10/h1-8,13H,(H2,17,21). The first-order valence-electron chi connectivity index (χ1n) is 6.60. The van der Waals surface area contributed by atoms with Crippen LogP contribution in [0.5, 0.6) is 0 Å². The number of carbonyl (C=O) groups excluding carboxylic acids is 2. The zero-order chi connectivity index (χ0) is 16.4. The molecule has 1 aromatic carbocycles. The van der Waals surface area contributed by atoms with Crippen molar-refractivity contribution in [1.82, 2.24) is 14.6 Å². The molecule has 3 rings (SSSR count). The molecule has 0 saturated heterocycles. The molecule has 7 nitrogen and oxygen atoms in total. The highest BCUT2D eigenvalue weighted by atomic mass is 19.1. The summed E-state index contributed by atoms with van der Waals surface area (Å²) in [4.78, 5) is 23.8. The van der Waals surface area contributed by atoms with Crippen LogP contribution in [0.3, 0.4) is 0 Å². The van der Waals surface area contributed by atoms with Crippen LogP contribution in [0, 0.1) is 5.82 Å². The zero-order valence-electron chi connectivity index (χ0n) is 11.7. The van der Waals surface area contributed by atoms with Crippen LogP contribution < -0.4 is 5.73 Å². The van der Waals surface area contributed by atoms with E-state index in [0.29, 0.717) is 5.65 Å². The van der Waals surface area contributed by atoms with Gasteiger partial charge >= 0.3 is 5.97 Å². The number of aromatic nitrogens is 3. The van der Waals surface area contributed by atoms with Crippen molar-refractivity contribution in [3.63, 3.8) is 0 Å². The number of fused-ring (bicyclic) bond motifs is 1. The largest absolute Gasteiger partial charge is 0.444 e. The van der Waals surface area contributed by atoms with Crippen molar-refractivity contribution < 1.29 is 18.7 Å². The van der Waals surface area contributed by atoms with Crippen LogP contribution in [-0.4, -0.2) is 26.5 Å². The maximum atomic E-state index is 13.0. The highest BCUT2D eigenvalue weighted by Gasteiger charge is 2.23. The SMILES string of the molecule is NC(=O)C(OC(=O)c1ccc2nncn2c1)c1ccc(F)cc1. The fourth-order valence-electron chi connectivity index (χ4n) is 2.05. The molecule has 8 heteroatoms. The normalized spacial score (nSPS) is 12.0. The van der Waals surface area contributed by atoms with Gasteiger partial charge in [0, 0.05) is 11.8 Å². The Bertz CT molecular complexity index is 876. The minimum Gasteiger partial charge on any atom is -0.444 e. The summed E-state index contributed by atoms with van der Waals surface area (Å²) in [5.41, 5.74) is 6.32. The number of pyridine rings is 1. The summed E-state index contributed by atoms with van der Waals surface area (Å²) in [7, 11) is 0. The molecule has 23 heavy (non-hydrogen) atoms. The number of carbonyl (C=O) groups is 2. The minimum absolute atomic E-state index is 0.200. The van der Waals surface area contributed by atoms with Crippen LogP contribution in [0.15, 0.2) is 48.9 Å². The molecule has 3 aromatic rings. The van der Waals surface area contributed by atoms with Gasteiger partial charge in [0.25, 0.3) is 5.91 Å². The predicted octanol–water partition coefficient (Wildman–Crippen LogP) is 1.25. The number of primary amides is 1. The average Bonchev–Trinajstić information content (AvgIpc) is 3.00. The Morgan fingerprint density at radius 3 is 2.61 bits per heavy atom. The van der Waals surface area contributed by atoms with Gasteiger partial charge in [-0.25, -0.2) is 9.18 Å². The molecule has 0 aliphatic carbocycles. The van der Waals surface area contributed by atoms with Crippen molar-refractivity contribution in [2.45, 2.75) is 6.10 Å². The zero-order valence-corrected chi connectivity index (χ0v) is 11.7. The van der Waals surface area contributed by atoms with Gasteiger partial charge in [0.2, 0.25) is 6.10 Å². The van der Waals surface area contributed by atoms with E-state index >= 15 is 0 Å². The Hall–Kier alpha value is -3.29. The number of esters is 1. The molecule has 2 heterocycles. The van der Waals surface area contributed by atoms with E-state index in [4.69, 9.17) is 10.5 Å². The Morgan fingerprint density at radius 2 is 1.91 bits per heavy atom. The topological polar surface area (TPSA) is 99.6 Å². The van der Waals surface area contributed by atoms with Crippen LogP contribution >= 0.6 is 0 Å². The van der Waals surface area contributed by atoms with E-state index in [1.54, 1.807) is 6.07 Å². The molecule has 1 amide bonds. The average molecular weight is 314 g/mol. The second-order valence-corrected chi connectivity index (χ2v) is 4.75. The third kappa shape index (κ3) is 3.00. The lowest BCUT2D eigenvalue weighted by atomic mass is 10.1. The van der Waals surface area contributed by atoms with Gasteiger partial charge in [0.15, 0.2) is 5.65 Å². The second-order valence-electron chi connectivity index (χ2n) is 4.75. The van der Waals surface area contributed by atoms with E-state index in [2.05, 4.69) is 10.2 Å². The fourth-order valence-corrected chi connectivity index (χ4v) is 2.05. The third-order valence-electron chi connectivity index (χ3n) is 3.18. The number of nitrogens with zero attached hydrogens (tertiary/aromatic N) is 3. The van der Waals surface area contributed by atoms with Crippen molar-refractivity contribution in [3.8, 4) is 0 Å². The monoisotopic (exact) mass is 314 g/mol. The molecule has 1 unspecified atom stereocenters. The first-order valence-corrected chi connectivity index (χ1v) is 6.60. The van der Waals surface area contributed by atoms with Gasteiger partial charge < -0.3 is 10.5 Å². The van der Waals surface area contributed by atoms with Gasteiger partial charge in [-0.1, -0.05) is 12.1 Å². The van der Waals surface area contributed by atoms with Crippen LogP contribution in [0.1, 0.15) is 22.0 Å². The maximum absolute atomic E-state index is 13.0. The number of rotatable bonds is 4. The van der Waals surface area contributed by atoms with Gasteiger partial charge in [-0.05, 0) is 24.3 Å². The predicted molar refractivity (Wildman–Crippen MR) is 76.7 cm³/mol. The number of hydrogen-bond acceptors (Lipinski definition) is 5. The summed E-state index contributed by atoms with van der Waals surface area (Å²) in [5.74, 6) is -2.06. The van der Waals surface area contributed by atoms with E-state index in [0.717, 1.165) is 12.1 Å². The molecule has 1 atom stereocenters. The molecule has 0 aliphatic rings. The van der Waals surface area contributed by atoms with Crippen molar-refractivity contribution in [2.75, 3.05) is 0 Å². The lowest BCUT2D eigenvalue weighted by molar-refractivity contribution is -0.127. The molecular weight excluding hydrogens is 303 g/mol. The molecule has 2 N–H and O–H groups in total. The van der Waals surface area contributed by atoms with Crippen molar-refractivity contribution in [1.29, 1.82) is 0 Å². The summed E-state index contributed by atoms with van der Waals surface area (Å²) < 4.78 is 19.7. The molecule has 2 aromatic heterocycles. The number of hydrogen-bond donors (Lipinski definition) is 1. The molecule has 0 bridgehead atoms. The molecule has 0 fully saturated rings. The maximum Gasteiger partial charge on any atom is 0.340 e. The molecule has 0 radical (unpaired) electrons. The molecule has 0 saturated carbocycles. The number of halogens is 1. The highest BCUT2D eigenvalue weighted by molar-refractivity contribution is 5.92. The summed E-state index contributed by atoms with van der Waals surface area (Å²) >= 11 is 0. The van der Waals surface area contributed by atoms with E-state index in [1.807, 2.05) is 0 Å². The van der Waals surface area contributed by atoms with Crippen LogP contribution in [-0.2, 0) is 9.53 Å². The summed E-state index contributed by atoms with van der Waals surface area (Å²) in [6.07, 6.45) is 1.60. The quantitative estimate of drug-likeness (QED) is 0.731. The van der Waals surface area contributed by atoms with E-state index < -0.39 is 23.8 Å². The number of nitrogens with two attached hydrogens (primary N) is 1. The molecule has 0 spiro atoms. The summed E-state index contributed by atoms with van der Waals surface area (Å²) in [5, 5.41) is 7.51. The van der Waals surface area contributed by atoms with Gasteiger partial charge in [-0.2, -0.15) is 0 Å². The first-order chi connectivity index (χ1) is 11.0. The molecular formula is C15H11FN4O3. The van der Waals surface area contributed by atoms with Gasteiger partial charge in [0.05, 0.1) is 5.56 Å². The van der Waals surface area contributed by atoms with E-state index in [9.17, 15) is 14.0 Å². The van der Waals surface area contributed by atoms with Crippen LogP contribution in [0.2, 0.25) is 0 Å². The van der Waals surface area contributed by atoms with Crippen molar-refractivity contribution in [3.05, 3.63) is 65.9 Å². The lowest BCUT2D eigenvalue weighted by Gasteiger charge is -2.15. The second kappa shape index (κ2) is 5.84. The van der Waals surface area contributed by atoms with Gasteiger partial charge in [-0.15, -0.1) is 10.2 Å². The Kier molecular flexibility index (Phi) is 3.71. The van der Waals surface area contributed by atoms with Crippen molar-refractivity contribution >= 4 is 17.5 Å². The van der Waals surface area contributed by atoms with Crippen LogP contribution in [0.25, 0.3) is 5.65 Å². The minimum atomic E-state index is -1.31. The summed E-state index contributed by atoms with van der Waals surface area (Å²) in [6.45, 7) is 0. The third-order valence-corrected chi connectivity index (χ3v) is 3.18. The Morgan fingerprint density at radius 1 is 1.17 bits per heavy atom. The molecule has 116 valence electrons. The number of benzene rings is 1. The lowest BCUT2D eigenvalue weighted by Crippen LogP contribution is -2.26. The van der Waals surface area contributed by atoms with E-state index in [-0.39, 0.29) is 11.1 Å². The Labute approximate surface area is 129 Å². The summed E-state index contributed by atoms with van der Waals surface area (Å²) in [6, 6.07) is 8.06. The Balaban J connectivity index is 1.85. The fraction of sp³-hybridized carbons (Fsp3) is 0.0667.